The zero-order valence-corrected chi connectivity index (χ0v) is 19.3. The number of pyridine rings is 1. The molecule has 1 heterocycles. The Balaban J connectivity index is 0.00000392. The first kappa shape index (κ1) is 24.2. The molecule has 2 aromatic rings. The molecule has 0 unspecified atom stereocenters. The van der Waals surface area contributed by atoms with Crippen LogP contribution in [0, 0.1) is 0 Å². The number of benzene rings is 1. The van der Waals surface area contributed by atoms with Crippen molar-refractivity contribution in [2.75, 3.05) is 40.3 Å². The van der Waals surface area contributed by atoms with Crippen molar-refractivity contribution in [3.8, 4) is 5.75 Å². The quantitative estimate of drug-likeness (QED) is 0.300. The van der Waals surface area contributed by atoms with Gasteiger partial charge in [-0.2, -0.15) is 0 Å². The molecule has 6 nitrogen and oxygen atoms in total. The number of aromatic nitrogens is 1. The fourth-order valence-electron chi connectivity index (χ4n) is 2.47. The van der Waals surface area contributed by atoms with Gasteiger partial charge in [0.05, 0.1) is 6.54 Å². The molecule has 0 spiro atoms. The fourth-order valence-corrected chi connectivity index (χ4v) is 2.47. The molecule has 2 N–H and O–H groups in total. The molecule has 28 heavy (non-hydrogen) atoms. The number of ether oxygens (including phenoxy) is 1. The van der Waals surface area contributed by atoms with Crippen LogP contribution < -0.4 is 15.4 Å². The highest BCUT2D eigenvalue weighted by Crippen LogP contribution is 2.18. The second-order valence-electron chi connectivity index (χ2n) is 6.45. The summed E-state index contributed by atoms with van der Waals surface area (Å²) in [6, 6.07) is 14.1. The molecule has 0 saturated carbocycles. The highest BCUT2D eigenvalue weighted by Gasteiger charge is 2.04. The number of para-hydroxylation sites is 1. The Labute approximate surface area is 185 Å². The summed E-state index contributed by atoms with van der Waals surface area (Å²) in [4.78, 5) is 11.2. The molecule has 0 saturated heterocycles. The number of nitrogens with zero attached hydrogens (tertiary/aromatic N) is 3. The summed E-state index contributed by atoms with van der Waals surface area (Å²) >= 11 is 0. The minimum absolute atomic E-state index is 0. The Morgan fingerprint density at radius 3 is 2.61 bits per heavy atom. The van der Waals surface area contributed by atoms with Gasteiger partial charge in [-0.15, -0.1) is 24.0 Å². The second kappa shape index (κ2) is 14.2. The number of halogens is 1. The Morgan fingerprint density at radius 1 is 1.11 bits per heavy atom. The van der Waals surface area contributed by atoms with E-state index in [0.29, 0.717) is 13.2 Å². The van der Waals surface area contributed by atoms with E-state index in [9.17, 15) is 0 Å². The third-order valence-corrected chi connectivity index (χ3v) is 3.92. The molecule has 1 aromatic heterocycles. The number of rotatable bonds is 10. The van der Waals surface area contributed by atoms with Crippen LogP contribution in [0.3, 0.4) is 0 Å². The third-order valence-electron chi connectivity index (χ3n) is 3.92. The van der Waals surface area contributed by atoms with Crippen LogP contribution in [-0.2, 0) is 13.0 Å². The predicted molar refractivity (Wildman–Crippen MR) is 127 cm³/mol. The van der Waals surface area contributed by atoms with E-state index in [1.165, 1.54) is 0 Å². The van der Waals surface area contributed by atoms with E-state index in [1.807, 2.05) is 56.7 Å². The lowest BCUT2D eigenvalue weighted by atomic mass is 10.2. The van der Waals surface area contributed by atoms with Gasteiger partial charge in [0.1, 0.15) is 12.4 Å². The normalized spacial score (nSPS) is 11.1. The van der Waals surface area contributed by atoms with Crippen LogP contribution in [0.15, 0.2) is 53.7 Å². The highest BCUT2D eigenvalue weighted by atomic mass is 127. The molecule has 0 amide bonds. The van der Waals surface area contributed by atoms with Gasteiger partial charge in [0.15, 0.2) is 5.96 Å². The molecule has 154 valence electrons. The SMILES string of the molecule is CCNC(=NCc1ccccc1OCCN(C)C)NCCc1ccccn1.I. The third kappa shape index (κ3) is 9.36. The number of aliphatic imine (C=N–C) groups is 1. The number of guanidine groups is 1. The monoisotopic (exact) mass is 497 g/mol. The Morgan fingerprint density at radius 2 is 1.89 bits per heavy atom. The average Bonchev–Trinajstić information content (AvgIpc) is 2.67. The van der Waals surface area contributed by atoms with E-state index in [4.69, 9.17) is 9.73 Å². The smallest absolute Gasteiger partial charge is 0.191 e. The van der Waals surface area contributed by atoms with Crippen molar-refractivity contribution in [2.24, 2.45) is 4.99 Å². The minimum Gasteiger partial charge on any atom is -0.492 e. The summed E-state index contributed by atoms with van der Waals surface area (Å²) in [7, 11) is 4.08. The van der Waals surface area contributed by atoms with Crippen LogP contribution in [-0.4, -0.2) is 56.2 Å². The number of likely N-dealkylation sites (N-methyl/N-ethyl adjacent to an activating group) is 1. The minimum atomic E-state index is 0. The maximum absolute atomic E-state index is 5.92. The van der Waals surface area contributed by atoms with Gasteiger partial charge in [-0.3, -0.25) is 4.98 Å². The lowest BCUT2D eigenvalue weighted by molar-refractivity contribution is 0.259. The summed E-state index contributed by atoms with van der Waals surface area (Å²) in [5.41, 5.74) is 2.15. The molecule has 0 aliphatic heterocycles. The maximum atomic E-state index is 5.92. The maximum Gasteiger partial charge on any atom is 0.191 e. The standard InChI is InChI=1S/C21H31N5O.HI/c1-4-22-21(24-14-12-19-10-7-8-13-23-19)25-17-18-9-5-6-11-20(18)27-16-15-26(2)3;/h5-11,13H,4,12,14-17H2,1-3H3,(H2,22,24,25);1H. The molecule has 0 aliphatic rings. The van der Waals surface area contributed by atoms with Crippen molar-refractivity contribution in [3.63, 3.8) is 0 Å². The van der Waals surface area contributed by atoms with Gasteiger partial charge in [-0.25, -0.2) is 4.99 Å². The van der Waals surface area contributed by atoms with Crippen molar-refractivity contribution in [3.05, 3.63) is 59.9 Å². The lowest BCUT2D eigenvalue weighted by Crippen LogP contribution is -2.38. The summed E-state index contributed by atoms with van der Waals surface area (Å²) in [5.74, 6) is 1.70. The Kier molecular flexibility index (Phi) is 12.2. The molecule has 7 heteroatoms. The van der Waals surface area contributed by atoms with Crippen molar-refractivity contribution in [2.45, 2.75) is 19.9 Å². The molecule has 0 aliphatic carbocycles. The number of hydrogen-bond acceptors (Lipinski definition) is 4. The van der Waals surface area contributed by atoms with Gasteiger partial charge in [-0.05, 0) is 39.2 Å². The van der Waals surface area contributed by atoms with Gasteiger partial charge < -0.3 is 20.3 Å². The topological polar surface area (TPSA) is 61.8 Å². The van der Waals surface area contributed by atoms with Crippen LogP contribution in [0.25, 0.3) is 0 Å². The van der Waals surface area contributed by atoms with E-state index >= 15 is 0 Å². The van der Waals surface area contributed by atoms with Gasteiger partial charge in [0.2, 0.25) is 0 Å². The van der Waals surface area contributed by atoms with Crippen LogP contribution in [0.4, 0.5) is 0 Å². The van der Waals surface area contributed by atoms with Crippen LogP contribution >= 0.6 is 24.0 Å². The molecule has 0 atom stereocenters. The Hall–Kier alpha value is -1.87. The zero-order chi connectivity index (χ0) is 19.3. The fraction of sp³-hybridized carbons (Fsp3) is 0.429. The van der Waals surface area contributed by atoms with Crippen molar-refractivity contribution >= 4 is 29.9 Å². The first-order valence-electron chi connectivity index (χ1n) is 9.46. The summed E-state index contributed by atoms with van der Waals surface area (Å²) in [6.45, 7) is 5.77. The van der Waals surface area contributed by atoms with Crippen molar-refractivity contribution in [1.82, 2.24) is 20.5 Å². The molecule has 0 fully saturated rings. The van der Waals surface area contributed by atoms with E-state index in [0.717, 1.165) is 49.0 Å². The molecule has 0 radical (unpaired) electrons. The van der Waals surface area contributed by atoms with E-state index in [2.05, 4.69) is 33.5 Å². The number of hydrogen-bond donors (Lipinski definition) is 2. The van der Waals surface area contributed by atoms with Crippen LogP contribution in [0.1, 0.15) is 18.2 Å². The van der Waals surface area contributed by atoms with Gasteiger partial charge in [-0.1, -0.05) is 24.3 Å². The van der Waals surface area contributed by atoms with Gasteiger partial charge >= 0.3 is 0 Å². The molecule has 0 bridgehead atoms. The lowest BCUT2D eigenvalue weighted by Gasteiger charge is -2.14. The van der Waals surface area contributed by atoms with Crippen LogP contribution in [0.2, 0.25) is 0 Å². The van der Waals surface area contributed by atoms with E-state index < -0.39 is 0 Å². The molecular formula is C21H32IN5O. The average molecular weight is 497 g/mol. The Bertz CT molecular complexity index is 694. The van der Waals surface area contributed by atoms with Gasteiger partial charge in [0, 0.05) is 43.5 Å². The molecule has 1 aromatic carbocycles. The summed E-state index contributed by atoms with van der Waals surface area (Å²) in [6.07, 6.45) is 2.68. The van der Waals surface area contributed by atoms with Crippen molar-refractivity contribution < 1.29 is 4.74 Å². The largest absolute Gasteiger partial charge is 0.492 e. The summed E-state index contributed by atoms with van der Waals surface area (Å²) in [5, 5.41) is 6.66. The first-order chi connectivity index (χ1) is 13.2. The highest BCUT2D eigenvalue weighted by molar-refractivity contribution is 14.0. The zero-order valence-electron chi connectivity index (χ0n) is 17.0. The second-order valence-corrected chi connectivity index (χ2v) is 6.45. The van der Waals surface area contributed by atoms with Crippen molar-refractivity contribution in [1.29, 1.82) is 0 Å². The van der Waals surface area contributed by atoms with E-state index in [-0.39, 0.29) is 24.0 Å². The van der Waals surface area contributed by atoms with E-state index in [1.54, 1.807) is 0 Å². The molecular weight excluding hydrogens is 465 g/mol. The first-order valence-corrected chi connectivity index (χ1v) is 9.46. The molecule has 2 rings (SSSR count). The van der Waals surface area contributed by atoms with Crippen LogP contribution in [0.5, 0.6) is 5.75 Å². The predicted octanol–water partition coefficient (Wildman–Crippen LogP) is 2.94. The summed E-state index contributed by atoms with van der Waals surface area (Å²) < 4.78 is 5.92. The van der Waals surface area contributed by atoms with Gasteiger partial charge in [0.25, 0.3) is 0 Å². The number of nitrogens with one attached hydrogen (secondary N) is 2.